The predicted molar refractivity (Wildman–Crippen MR) is 111 cm³/mol. The van der Waals surface area contributed by atoms with E-state index < -0.39 is 5.41 Å². The third kappa shape index (κ3) is 7.36. The van der Waals surface area contributed by atoms with Crippen LogP contribution < -0.4 is 0 Å². The minimum atomic E-state index is -0.610. The Bertz CT molecular complexity index is 637. The lowest BCUT2D eigenvalue weighted by Crippen LogP contribution is -2.39. The van der Waals surface area contributed by atoms with Crippen LogP contribution in [0.3, 0.4) is 0 Å². The second kappa shape index (κ2) is 10.5. The van der Waals surface area contributed by atoms with Crippen molar-refractivity contribution >= 4 is 11.9 Å². The third-order valence-corrected chi connectivity index (χ3v) is 4.97. The average molecular weight is 379 g/mol. The van der Waals surface area contributed by atoms with Gasteiger partial charge in [-0.25, -0.2) is 4.79 Å². The molecule has 0 spiro atoms. The zero-order valence-corrected chi connectivity index (χ0v) is 18.9. The molecule has 1 rings (SSSR count). The number of hydrogen-bond donors (Lipinski definition) is 0. The summed E-state index contributed by atoms with van der Waals surface area (Å²) in [7, 11) is 0. The van der Waals surface area contributed by atoms with Crippen LogP contribution in [-0.2, 0) is 14.3 Å². The Hall–Kier alpha value is -1.84. The van der Waals surface area contributed by atoms with Crippen molar-refractivity contribution in [1.29, 1.82) is 0 Å². The Kier molecular flexibility index (Phi) is 9.77. The van der Waals surface area contributed by atoms with Gasteiger partial charge in [0, 0.05) is 0 Å². The molecular formula is C23H38O4. The highest BCUT2D eigenvalue weighted by atomic mass is 16.6. The zero-order chi connectivity index (χ0) is 21.4. The van der Waals surface area contributed by atoms with Crippen LogP contribution in [0.25, 0.3) is 0 Å². The Balaban J connectivity index is 0.00000210. The van der Waals surface area contributed by atoms with Crippen LogP contribution in [0.5, 0.6) is 0 Å². The van der Waals surface area contributed by atoms with Gasteiger partial charge in [-0.05, 0) is 62.8 Å². The van der Waals surface area contributed by atoms with Crippen LogP contribution in [-0.4, -0.2) is 25.2 Å². The minimum Gasteiger partial charge on any atom is -0.462 e. The van der Waals surface area contributed by atoms with Gasteiger partial charge in [-0.2, -0.15) is 0 Å². The molecule has 0 bridgehead atoms. The first-order valence-electron chi connectivity index (χ1n) is 9.71. The molecule has 0 radical (unpaired) electrons. The summed E-state index contributed by atoms with van der Waals surface area (Å²) in [6, 6.07) is 3.85. The molecule has 0 fully saturated rings. The number of aryl methyl sites for hydroxylation is 2. The molecular weight excluding hydrogens is 340 g/mol. The van der Waals surface area contributed by atoms with E-state index in [2.05, 4.69) is 13.8 Å². The third-order valence-electron chi connectivity index (χ3n) is 4.97. The number of hydrogen-bond acceptors (Lipinski definition) is 4. The molecule has 0 saturated carbocycles. The van der Waals surface area contributed by atoms with Crippen molar-refractivity contribution in [3.05, 3.63) is 34.4 Å². The van der Waals surface area contributed by atoms with Gasteiger partial charge in [0.2, 0.25) is 0 Å². The van der Waals surface area contributed by atoms with Gasteiger partial charge in [0.1, 0.15) is 13.2 Å². The smallest absolute Gasteiger partial charge is 0.338 e. The van der Waals surface area contributed by atoms with Crippen molar-refractivity contribution in [1.82, 2.24) is 0 Å². The van der Waals surface area contributed by atoms with Gasteiger partial charge in [0.15, 0.2) is 0 Å². The van der Waals surface area contributed by atoms with E-state index in [0.29, 0.717) is 5.56 Å². The highest BCUT2D eigenvalue weighted by Gasteiger charge is 2.41. The standard InChI is InChI=1S/C20H30O4.C3H8/c1-13-11-14(2)15(3)16(12-13)17(21)23-9-10-24-18(22)20(7,8)19(4,5)6;1-3-2/h11-12H,9-10H2,1-8H3;3H2,1-2H3. The molecule has 0 N–H and O–H groups in total. The molecule has 0 aromatic heterocycles. The molecule has 0 amide bonds. The Morgan fingerprint density at radius 2 is 1.37 bits per heavy atom. The highest BCUT2D eigenvalue weighted by molar-refractivity contribution is 5.91. The molecule has 0 heterocycles. The molecule has 1 aromatic carbocycles. The van der Waals surface area contributed by atoms with Crippen molar-refractivity contribution < 1.29 is 19.1 Å². The Labute approximate surface area is 165 Å². The fraction of sp³-hybridized carbons (Fsp3) is 0.652. The maximum atomic E-state index is 12.2. The topological polar surface area (TPSA) is 52.6 Å². The van der Waals surface area contributed by atoms with Gasteiger partial charge in [0.25, 0.3) is 0 Å². The monoisotopic (exact) mass is 378 g/mol. The number of carbonyl (C=O) groups is 2. The van der Waals surface area contributed by atoms with Crippen LogP contribution >= 0.6 is 0 Å². The van der Waals surface area contributed by atoms with Gasteiger partial charge >= 0.3 is 11.9 Å². The second-order valence-corrected chi connectivity index (χ2v) is 8.61. The first-order chi connectivity index (χ1) is 12.3. The van der Waals surface area contributed by atoms with Gasteiger partial charge in [-0.3, -0.25) is 4.79 Å². The van der Waals surface area contributed by atoms with Gasteiger partial charge in [-0.1, -0.05) is 47.1 Å². The molecule has 4 heteroatoms. The number of rotatable bonds is 5. The molecule has 0 aliphatic carbocycles. The zero-order valence-electron chi connectivity index (χ0n) is 18.9. The van der Waals surface area contributed by atoms with Gasteiger partial charge in [-0.15, -0.1) is 0 Å². The van der Waals surface area contributed by atoms with E-state index in [0.717, 1.165) is 16.7 Å². The van der Waals surface area contributed by atoms with Crippen molar-refractivity contribution in [2.45, 2.75) is 75.7 Å². The first-order valence-corrected chi connectivity index (χ1v) is 9.71. The molecule has 154 valence electrons. The van der Waals surface area contributed by atoms with Crippen molar-refractivity contribution in [3.63, 3.8) is 0 Å². The summed E-state index contributed by atoms with van der Waals surface area (Å²) in [6.07, 6.45) is 1.25. The molecule has 0 saturated heterocycles. The van der Waals surface area contributed by atoms with E-state index in [4.69, 9.17) is 9.47 Å². The summed E-state index contributed by atoms with van der Waals surface area (Å²) in [4.78, 5) is 24.4. The molecule has 0 aliphatic rings. The summed E-state index contributed by atoms with van der Waals surface area (Å²) in [5.74, 6) is -0.668. The van der Waals surface area contributed by atoms with Crippen LogP contribution in [0.4, 0.5) is 0 Å². The van der Waals surface area contributed by atoms with Crippen LogP contribution in [0.2, 0.25) is 0 Å². The molecule has 0 aliphatic heterocycles. The van der Waals surface area contributed by atoms with E-state index >= 15 is 0 Å². The minimum absolute atomic E-state index is 0.0528. The maximum absolute atomic E-state index is 12.2. The lowest BCUT2D eigenvalue weighted by molar-refractivity contribution is -0.161. The SMILES string of the molecule is CCC.Cc1cc(C)c(C)c(C(=O)OCCOC(=O)C(C)(C)C(C)(C)C)c1. The summed E-state index contributed by atoms with van der Waals surface area (Å²) in [6.45, 7) is 19.9. The van der Waals surface area contributed by atoms with E-state index in [1.807, 2.05) is 67.5 Å². The highest BCUT2D eigenvalue weighted by Crippen LogP contribution is 2.38. The molecule has 4 nitrogen and oxygen atoms in total. The fourth-order valence-corrected chi connectivity index (χ4v) is 2.08. The predicted octanol–water partition coefficient (Wildman–Crippen LogP) is 5.80. The van der Waals surface area contributed by atoms with Gasteiger partial charge < -0.3 is 9.47 Å². The fourth-order valence-electron chi connectivity index (χ4n) is 2.08. The lowest BCUT2D eigenvalue weighted by Gasteiger charge is -2.36. The summed E-state index contributed by atoms with van der Waals surface area (Å²) >= 11 is 0. The van der Waals surface area contributed by atoms with E-state index in [9.17, 15) is 9.59 Å². The Morgan fingerprint density at radius 3 is 1.85 bits per heavy atom. The normalized spacial score (nSPS) is 11.3. The molecule has 1 aromatic rings. The number of esters is 2. The Morgan fingerprint density at radius 1 is 0.889 bits per heavy atom. The van der Waals surface area contributed by atoms with Crippen molar-refractivity contribution in [3.8, 4) is 0 Å². The molecule has 0 unspecified atom stereocenters. The number of carbonyl (C=O) groups excluding carboxylic acids is 2. The van der Waals surface area contributed by atoms with Crippen LogP contribution in [0.1, 0.15) is 81.9 Å². The summed E-state index contributed by atoms with van der Waals surface area (Å²) < 4.78 is 10.5. The van der Waals surface area contributed by atoms with Crippen LogP contribution in [0, 0.1) is 31.6 Å². The quantitative estimate of drug-likeness (QED) is 0.480. The largest absolute Gasteiger partial charge is 0.462 e. The molecule has 0 atom stereocenters. The van der Waals surface area contributed by atoms with Crippen molar-refractivity contribution in [2.75, 3.05) is 13.2 Å². The van der Waals surface area contributed by atoms with Gasteiger partial charge in [0.05, 0.1) is 11.0 Å². The van der Waals surface area contributed by atoms with Crippen LogP contribution in [0.15, 0.2) is 12.1 Å². The number of ether oxygens (including phenoxy) is 2. The summed E-state index contributed by atoms with van der Waals surface area (Å²) in [5, 5.41) is 0. The lowest BCUT2D eigenvalue weighted by atomic mass is 9.69. The number of benzene rings is 1. The van der Waals surface area contributed by atoms with E-state index in [-0.39, 0.29) is 30.6 Å². The first kappa shape index (κ1) is 25.2. The van der Waals surface area contributed by atoms with Crippen molar-refractivity contribution in [2.24, 2.45) is 10.8 Å². The maximum Gasteiger partial charge on any atom is 0.338 e. The molecule has 27 heavy (non-hydrogen) atoms. The van der Waals surface area contributed by atoms with E-state index in [1.54, 1.807) is 0 Å². The average Bonchev–Trinajstić information content (AvgIpc) is 2.54. The summed E-state index contributed by atoms with van der Waals surface area (Å²) in [5.41, 5.74) is 2.73. The second-order valence-electron chi connectivity index (χ2n) is 8.61. The van der Waals surface area contributed by atoms with E-state index in [1.165, 1.54) is 6.42 Å².